The quantitative estimate of drug-likeness (QED) is 0.389. The van der Waals surface area contributed by atoms with E-state index >= 15 is 0 Å². The van der Waals surface area contributed by atoms with E-state index < -0.39 is 39.7 Å². The van der Waals surface area contributed by atoms with Crippen molar-refractivity contribution in [1.29, 1.82) is 0 Å². The molecule has 9 heteroatoms. The molecular formula is C5H10N2O6S. The van der Waals surface area contributed by atoms with Gasteiger partial charge in [-0.05, 0) is 0 Å². The Morgan fingerprint density at radius 3 is 2.00 bits per heavy atom. The summed E-state index contributed by atoms with van der Waals surface area (Å²) in [5, 5.41) is 8.46. The first-order valence-corrected chi connectivity index (χ1v) is 4.83. The molecule has 0 aromatic rings. The van der Waals surface area contributed by atoms with Gasteiger partial charge in [0.1, 0.15) is 0 Å². The third-order valence-corrected chi connectivity index (χ3v) is 2.86. The second-order valence-electron chi connectivity index (χ2n) is 2.64. The maximum Gasteiger partial charge on any atom is 0.342 e. The summed E-state index contributed by atoms with van der Waals surface area (Å²) in [6.45, 7) is 0. The smallest absolute Gasteiger partial charge is 0.342 e. The second kappa shape index (κ2) is 3.90. The monoisotopic (exact) mass is 226 g/mol. The van der Waals surface area contributed by atoms with Crippen LogP contribution in [0.4, 0.5) is 0 Å². The molecule has 82 valence electrons. The van der Waals surface area contributed by atoms with Crippen LogP contribution in [0.15, 0.2) is 0 Å². The van der Waals surface area contributed by atoms with E-state index in [1.165, 1.54) is 0 Å². The average molecular weight is 226 g/mol. The number of carbonyl (C=O) groups is 2. The Morgan fingerprint density at radius 2 is 1.79 bits per heavy atom. The summed E-state index contributed by atoms with van der Waals surface area (Å²) in [6.07, 6.45) is -1.33. The summed E-state index contributed by atoms with van der Waals surface area (Å²) in [5.74, 6) is -2.86. The Morgan fingerprint density at radius 1 is 1.36 bits per heavy atom. The fraction of sp³-hybridized carbons (Fsp3) is 0.600. The third kappa shape index (κ3) is 2.65. The molecule has 0 aromatic carbocycles. The molecule has 6 N–H and O–H groups in total. The molecule has 0 unspecified atom stereocenters. The van der Waals surface area contributed by atoms with Crippen molar-refractivity contribution in [3.05, 3.63) is 0 Å². The zero-order valence-electron chi connectivity index (χ0n) is 7.00. The predicted octanol–water partition coefficient (Wildman–Crippen LogP) is -2.12. The van der Waals surface area contributed by atoms with E-state index in [1.54, 1.807) is 0 Å². The van der Waals surface area contributed by atoms with E-state index in [9.17, 15) is 18.0 Å². The predicted molar refractivity (Wildman–Crippen MR) is 44.5 cm³/mol. The van der Waals surface area contributed by atoms with Crippen LogP contribution < -0.4 is 11.5 Å². The molecule has 14 heavy (non-hydrogen) atoms. The molecule has 0 saturated carbocycles. The van der Waals surface area contributed by atoms with Gasteiger partial charge in [-0.1, -0.05) is 0 Å². The molecule has 0 aliphatic carbocycles. The Balaban J connectivity index is 4.95. The fourth-order valence-electron chi connectivity index (χ4n) is 0.655. The number of nitrogens with two attached hydrogens (primary N) is 2. The highest BCUT2D eigenvalue weighted by atomic mass is 32.2. The molecule has 0 rings (SSSR count). The molecule has 0 aliphatic heterocycles. The highest BCUT2D eigenvalue weighted by Gasteiger charge is 2.46. The molecule has 8 nitrogen and oxygen atoms in total. The van der Waals surface area contributed by atoms with Gasteiger partial charge in [0.25, 0.3) is 10.1 Å². The van der Waals surface area contributed by atoms with Crippen LogP contribution in [-0.4, -0.2) is 34.8 Å². The number of hydrogen-bond acceptors (Lipinski definition) is 5. The van der Waals surface area contributed by atoms with Crippen molar-refractivity contribution in [2.24, 2.45) is 11.5 Å². The number of carboxylic acids is 1. The second-order valence-corrected chi connectivity index (χ2v) is 4.31. The summed E-state index contributed by atoms with van der Waals surface area (Å²) in [7, 11) is -4.99. The van der Waals surface area contributed by atoms with E-state index in [4.69, 9.17) is 15.4 Å². The van der Waals surface area contributed by atoms with Crippen LogP contribution >= 0.6 is 0 Å². The molecule has 0 aliphatic rings. The normalized spacial score (nSPS) is 15.9. The van der Waals surface area contributed by atoms with Gasteiger partial charge in [-0.3, -0.25) is 9.35 Å². The Labute approximate surface area is 79.6 Å². The summed E-state index contributed by atoms with van der Waals surface area (Å²) < 4.78 is 29.7. The molecule has 0 spiro atoms. The number of rotatable bonds is 5. The average Bonchev–Trinajstić information content (AvgIpc) is 1.97. The lowest BCUT2D eigenvalue weighted by molar-refractivity contribution is -0.140. The molecule has 1 amide bonds. The van der Waals surface area contributed by atoms with Crippen molar-refractivity contribution in [1.82, 2.24) is 0 Å². The Bertz CT molecular complexity index is 349. The lowest BCUT2D eigenvalue weighted by Gasteiger charge is -2.19. The summed E-state index contributed by atoms with van der Waals surface area (Å²) in [4.78, 5) is 17.9. The lowest BCUT2D eigenvalue weighted by Crippen LogP contribution is -2.54. The molecule has 0 fully saturated rings. The largest absolute Gasteiger partial charge is 0.479 e. The van der Waals surface area contributed by atoms with Crippen molar-refractivity contribution < 1.29 is 27.7 Å². The first-order chi connectivity index (χ1) is 6.11. The number of amides is 1. The van der Waals surface area contributed by atoms with Gasteiger partial charge in [-0.2, -0.15) is 8.42 Å². The van der Waals surface area contributed by atoms with Crippen LogP contribution in [0.5, 0.6) is 0 Å². The van der Waals surface area contributed by atoms with Gasteiger partial charge in [0.05, 0.1) is 0 Å². The Hall–Kier alpha value is -1.19. The zero-order valence-corrected chi connectivity index (χ0v) is 7.82. The van der Waals surface area contributed by atoms with E-state index in [0.29, 0.717) is 0 Å². The molecule has 0 bridgehead atoms. The van der Waals surface area contributed by atoms with Gasteiger partial charge in [-0.25, -0.2) is 4.79 Å². The van der Waals surface area contributed by atoms with Crippen LogP contribution in [0.2, 0.25) is 0 Å². The Kier molecular flexibility index (Phi) is 3.57. The first-order valence-electron chi connectivity index (χ1n) is 3.39. The van der Waals surface area contributed by atoms with Crippen molar-refractivity contribution in [3.63, 3.8) is 0 Å². The van der Waals surface area contributed by atoms with Crippen LogP contribution in [0.25, 0.3) is 0 Å². The molecule has 0 aromatic heterocycles. The highest BCUT2D eigenvalue weighted by molar-refractivity contribution is 7.88. The van der Waals surface area contributed by atoms with Gasteiger partial charge in [0.15, 0.2) is 0 Å². The summed E-state index contributed by atoms with van der Waals surface area (Å²) >= 11 is 0. The first kappa shape index (κ1) is 12.8. The van der Waals surface area contributed by atoms with Crippen LogP contribution in [0.3, 0.4) is 0 Å². The molecule has 0 heterocycles. The van der Waals surface area contributed by atoms with E-state index in [0.717, 1.165) is 0 Å². The minimum Gasteiger partial charge on any atom is -0.479 e. The topological polar surface area (TPSA) is 161 Å². The van der Waals surface area contributed by atoms with Crippen LogP contribution in [-0.2, 0) is 19.7 Å². The minimum absolute atomic E-state index is 0.553. The molecule has 0 saturated heterocycles. The number of primary amides is 1. The van der Waals surface area contributed by atoms with E-state index in [2.05, 4.69) is 5.73 Å². The van der Waals surface area contributed by atoms with Crippen molar-refractivity contribution in [3.8, 4) is 0 Å². The van der Waals surface area contributed by atoms with Gasteiger partial charge in [-0.15, -0.1) is 0 Å². The fourth-order valence-corrected chi connectivity index (χ4v) is 1.24. The minimum atomic E-state index is -4.99. The van der Waals surface area contributed by atoms with E-state index in [1.807, 2.05) is 0 Å². The third-order valence-electron chi connectivity index (χ3n) is 1.57. The van der Waals surface area contributed by atoms with E-state index in [-0.39, 0.29) is 0 Å². The molecule has 1 atom stereocenters. The van der Waals surface area contributed by atoms with Gasteiger partial charge < -0.3 is 16.6 Å². The van der Waals surface area contributed by atoms with Crippen molar-refractivity contribution in [2.75, 3.05) is 0 Å². The lowest BCUT2D eigenvalue weighted by atomic mass is 10.1. The maximum absolute atomic E-state index is 10.6. The van der Waals surface area contributed by atoms with Gasteiger partial charge >= 0.3 is 5.97 Å². The van der Waals surface area contributed by atoms with Crippen LogP contribution in [0.1, 0.15) is 12.8 Å². The summed E-state index contributed by atoms with van der Waals surface area (Å²) in [5.41, 5.74) is 9.60. The number of carbonyl (C=O) groups excluding carboxylic acids is 1. The SMILES string of the molecule is NC(=O)CC[C@@](N)(C(=O)O)S(=O)(=O)O. The highest BCUT2D eigenvalue weighted by Crippen LogP contribution is 2.16. The van der Waals surface area contributed by atoms with Gasteiger partial charge in [0, 0.05) is 12.8 Å². The standard InChI is InChI=1S/C5H10N2O6S/c6-3(8)1-2-5(7,4(9)10)14(11,12)13/h1-2,7H2,(H2,6,8)(H,9,10)(H,11,12,13)/t5-/m0/s1. The molecular weight excluding hydrogens is 216 g/mol. The zero-order chi connectivity index (χ0) is 11.6. The number of carboxylic acid groups (broad SMARTS) is 1. The van der Waals surface area contributed by atoms with Crippen molar-refractivity contribution in [2.45, 2.75) is 17.7 Å². The number of aliphatic carboxylic acids is 1. The van der Waals surface area contributed by atoms with Gasteiger partial charge in [0.2, 0.25) is 10.8 Å². The van der Waals surface area contributed by atoms with Crippen molar-refractivity contribution >= 4 is 22.0 Å². The molecule has 0 radical (unpaired) electrons. The maximum atomic E-state index is 10.6. The van der Waals surface area contributed by atoms with Crippen LogP contribution in [0, 0.1) is 0 Å². The number of hydrogen-bond donors (Lipinski definition) is 4. The summed E-state index contributed by atoms with van der Waals surface area (Å²) in [6, 6.07) is 0.